The molecule has 3 rings (SSSR count). The van der Waals surface area contributed by atoms with Crippen LogP contribution in [0.5, 0.6) is 0 Å². The zero-order chi connectivity index (χ0) is 15.0. The molecule has 3 aromatic carbocycles. The number of hydrogen-bond acceptors (Lipinski definition) is 1. The van der Waals surface area contributed by atoms with Crippen LogP contribution in [0.2, 0.25) is 0 Å². The highest BCUT2D eigenvalue weighted by atomic mass is 79.9. The summed E-state index contributed by atoms with van der Waals surface area (Å²) in [5.74, 6) is 0. The number of fused-ring (bicyclic) bond motifs is 1. The first-order valence-corrected chi connectivity index (χ1v) is 7.79. The molecule has 21 heavy (non-hydrogen) atoms. The third-order valence-electron chi connectivity index (χ3n) is 4.00. The minimum Gasteiger partial charge on any atom is -0.384 e. The minimum absolute atomic E-state index is 0.617. The molecule has 0 bridgehead atoms. The molecule has 0 fully saturated rings. The largest absolute Gasteiger partial charge is 0.384 e. The van der Waals surface area contributed by atoms with E-state index in [2.05, 4.69) is 47.1 Å². The molecule has 0 aromatic heterocycles. The van der Waals surface area contributed by atoms with E-state index in [-0.39, 0.29) is 0 Å². The molecule has 3 aromatic rings. The molecule has 0 radical (unpaired) electrons. The molecule has 1 nitrogen and oxygen atoms in total. The molecule has 0 heterocycles. The molecule has 0 saturated heterocycles. The first kappa shape index (κ1) is 14.3. The Morgan fingerprint density at radius 1 is 0.905 bits per heavy atom. The van der Waals surface area contributed by atoms with Crippen LogP contribution in [-0.4, -0.2) is 5.11 Å². The molecule has 1 unspecified atom stereocenters. The second kappa shape index (κ2) is 5.63. The van der Waals surface area contributed by atoms with Crippen molar-refractivity contribution in [3.63, 3.8) is 0 Å². The van der Waals surface area contributed by atoms with Crippen molar-refractivity contribution in [2.75, 3.05) is 0 Å². The van der Waals surface area contributed by atoms with Crippen LogP contribution < -0.4 is 0 Å². The van der Waals surface area contributed by atoms with Gasteiger partial charge in [-0.1, -0.05) is 58.4 Å². The summed E-state index contributed by atoms with van der Waals surface area (Å²) in [5, 5.41) is 13.2. The number of aliphatic hydroxyl groups excluding tert-OH is 1. The van der Waals surface area contributed by atoms with E-state index in [1.54, 1.807) is 0 Å². The molecule has 1 N–H and O–H groups in total. The third kappa shape index (κ3) is 2.61. The van der Waals surface area contributed by atoms with Crippen molar-refractivity contribution in [2.24, 2.45) is 0 Å². The Morgan fingerprint density at radius 3 is 2.43 bits per heavy atom. The van der Waals surface area contributed by atoms with E-state index in [1.165, 1.54) is 0 Å². The Bertz CT molecular complexity index is 808. The van der Waals surface area contributed by atoms with Crippen LogP contribution in [0.3, 0.4) is 0 Å². The van der Waals surface area contributed by atoms with Crippen molar-refractivity contribution >= 4 is 26.7 Å². The van der Waals surface area contributed by atoms with Gasteiger partial charge >= 0.3 is 0 Å². The van der Waals surface area contributed by atoms with Gasteiger partial charge in [0.15, 0.2) is 0 Å². The van der Waals surface area contributed by atoms with Crippen molar-refractivity contribution in [1.82, 2.24) is 0 Å². The second-order valence-electron chi connectivity index (χ2n) is 5.42. The minimum atomic E-state index is -0.617. The molecule has 1 atom stereocenters. The van der Waals surface area contributed by atoms with E-state index < -0.39 is 6.10 Å². The molecule has 0 amide bonds. The maximum absolute atomic E-state index is 11.0. The Morgan fingerprint density at radius 2 is 1.62 bits per heavy atom. The van der Waals surface area contributed by atoms with Gasteiger partial charge in [0.2, 0.25) is 0 Å². The van der Waals surface area contributed by atoms with Crippen molar-refractivity contribution in [3.05, 3.63) is 81.3 Å². The van der Waals surface area contributed by atoms with Gasteiger partial charge < -0.3 is 5.11 Å². The van der Waals surface area contributed by atoms with Gasteiger partial charge in [0.05, 0.1) is 0 Å². The summed E-state index contributed by atoms with van der Waals surface area (Å²) in [6.45, 7) is 4.09. The number of aliphatic hydroxyl groups is 1. The molecule has 106 valence electrons. The molecule has 0 aliphatic heterocycles. The number of hydrogen-bond donors (Lipinski definition) is 1. The smallest absolute Gasteiger partial charge is 0.105 e. The predicted octanol–water partition coefficient (Wildman–Crippen LogP) is 5.30. The van der Waals surface area contributed by atoms with Crippen molar-refractivity contribution in [1.29, 1.82) is 0 Å². The van der Waals surface area contributed by atoms with E-state index in [0.717, 1.165) is 37.5 Å². The molecular weight excluding hydrogens is 324 g/mol. The summed E-state index contributed by atoms with van der Waals surface area (Å²) in [6, 6.07) is 18.4. The lowest BCUT2D eigenvalue weighted by molar-refractivity contribution is 0.220. The van der Waals surface area contributed by atoms with E-state index in [9.17, 15) is 5.11 Å². The van der Waals surface area contributed by atoms with Gasteiger partial charge in [0.25, 0.3) is 0 Å². The lowest BCUT2D eigenvalue weighted by Gasteiger charge is -2.19. The normalized spacial score (nSPS) is 12.6. The lowest BCUT2D eigenvalue weighted by Crippen LogP contribution is -2.05. The molecule has 0 aliphatic rings. The van der Waals surface area contributed by atoms with E-state index in [1.807, 2.05) is 37.3 Å². The van der Waals surface area contributed by atoms with Gasteiger partial charge in [-0.3, -0.25) is 0 Å². The summed E-state index contributed by atoms with van der Waals surface area (Å²) in [4.78, 5) is 0. The zero-order valence-electron chi connectivity index (χ0n) is 12.1. The second-order valence-corrected chi connectivity index (χ2v) is 6.34. The molecular formula is C19H17BrO. The van der Waals surface area contributed by atoms with Gasteiger partial charge in [-0.25, -0.2) is 0 Å². The van der Waals surface area contributed by atoms with Crippen LogP contribution in [0.15, 0.2) is 59.1 Å². The van der Waals surface area contributed by atoms with Gasteiger partial charge in [-0.2, -0.15) is 0 Å². The van der Waals surface area contributed by atoms with Crippen LogP contribution >= 0.6 is 15.9 Å². The lowest BCUT2D eigenvalue weighted by atomic mass is 9.90. The highest BCUT2D eigenvalue weighted by Gasteiger charge is 2.18. The Hall–Kier alpha value is -1.64. The summed E-state index contributed by atoms with van der Waals surface area (Å²) in [5.41, 5.74) is 4.15. The van der Waals surface area contributed by atoms with Crippen molar-refractivity contribution in [2.45, 2.75) is 20.0 Å². The van der Waals surface area contributed by atoms with Crippen molar-refractivity contribution < 1.29 is 5.11 Å². The van der Waals surface area contributed by atoms with Crippen LogP contribution in [-0.2, 0) is 0 Å². The summed E-state index contributed by atoms with van der Waals surface area (Å²) in [7, 11) is 0. The first-order chi connectivity index (χ1) is 10.1. The molecule has 0 saturated carbocycles. The maximum Gasteiger partial charge on any atom is 0.105 e. The van der Waals surface area contributed by atoms with Crippen molar-refractivity contribution in [3.8, 4) is 0 Å². The SMILES string of the molecule is Cc1ccc(Br)cc1C(O)c1c(C)ccc2ccccc12. The maximum atomic E-state index is 11.0. The Kier molecular flexibility index (Phi) is 3.83. The van der Waals surface area contributed by atoms with Gasteiger partial charge in [-0.05, 0) is 59.0 Å². The quantitative estimate of drug-likeness (QED) is 0.670. The fourth-order valence-corrected chi connectivity index (χ4v) is 3.21. The van der Waals surface area contributed by atoms with E-state index in [4.69, 9.17) is 0 Å². The average molecular weight is 341 g/mol. The fourth-order valence-electron chi connectivity index (χ4n) is 2.83. The standard InChI is InChI=1S/C19H17BrO/c1-12-8-10-15(20)11-17(12)19(21)18-13(2)7-9-14-5-3-4-6-16(14)18/h3-11,19,21H,1-2H3. The average Bonchev–Trinajstić information content (AvgIpc) is 2.49. The topological polar surface area (TPSA) is 20.2 Å². The van der Waals surface area contributed by atoms with Gasteiger partial charge in [0.1, 0.15) is 6.10 Å². The number of benzene rings is 3. The first-order valence-electron chi connectivity index (χ1n) is 7.00. The summed E-state index contributed by atoms with van der Waals surface area (Å²) >= 11 is 3.49. The molecule has 0 spiro atoms. The van der Waals surface area contributed by atoms with Crippen LogP contribution in [0.1, 0.15) is 28.4 Å². The fraction of sp³-hybridized carbons (Fsp3) is 0.158. The number of halogens is 1. The zero-order valence-corrected chi connectivity index (χ0v) is 13.7. The molecule has 2 heteroatoms. The summed E-state index contributed by atoms with van der Waals surface area (Å²) < 4.78 is 0.986. The predicted molar refractivity (Wildman–Crippen MR) is 91.6 cm³/mol. The Labute approximate surface area is 133 Å². The third-order valence-corrected chi connectivity index (χ3v) is 4.49. The van der Waals surface area contributed by atoms with Gasteiger partial charge in [0, 0.05) is 4.47 Å². The van der Waals surface area contributed by atoms with Crippen LogP contribution in [0.25, 0.3) is 10.8 Å². The number of aryl methyl sites for hydroxylation is 2. The highest BCUT2D eigenvalue weighted by molar-refractivity contribution is 9.10. The van der Waals surface area contributed by atoms with Gasteiger partial charge in [-0.15, -0.1) is 0 Å². The van der Waals surface area contributed by atoms with E-state index >= 15 is 0 Å². The van der Waals surface area contributed by atoms with Crippen LogP contribution in [0.4, 0.5) is 0 Å². The van der Waals surface area contributed by atoms with E-state index in [0.29, 0.717) is 0 Å². The Balaban J connectivity index is 2.24. The van der Waals surface area contributed by atoms with Crippen LogP contribution in [0, 0.1) is 13.8 Å². The monoisotopic (exact) mass is 340 g/mol. The summed E-state index contributed by atoms with van der Waals surface area (Å²) in [6.07, 6.45) is -0.617. The number of rotatable bonds is 2. The highest BCUT2D eigenvalue weighted by Crippen LogP contribution is 2.34. The molecule has 0 aliphatic carbocycles.